The number of rotatable bonds is 7. The minimum absolute atomic E-state index is 0.710. The predicted octanol–water partition coefficient (Wildman–Crippen LogP) is 3.21. The van der Waals surface area contributed by atoms with Crippen LogP contribution in [0.3, 0.4) is 0 Å². The fourth-order valence-corrected chi connectivity index (χ4v) is 3.03. The molecule has 3 rings (SSSR count). The van der Waals surface area contributed by atoms with Crippen molar-refractivity contribution in [2.24, 2.45) is 0 Å². The van der Waals surface area contributed by atoms with Crippen LogP contribution in [0.2, 0.25) is 0 Å². The number of hydrogen-bond donors (Lipinski definition) is 0. The molecule has 0 radical (unpaired) electrons. The van der Waals surface area contributed by atoms with E-state index in [-0.39, 0.29) is 0 Å². The molecule has 0 atom stereocenters. The molecule has 0 saturated heterocycles. The molecule has 134 valence electrons. The lowest BCUT2D eigenvalue weighted by Crippen LogP contribution is -2.16. The Bertz CT molecular complexity index is 918. The fourth-order valence-electron chi connectivity index (χ4n) is 3.03. The lowest BCUT2D eigenvalue weighted by molar-refractivity contribution is 0.319. The van der Waals surface area contributed by atoms with Crippen LogP contribution >= 0.6 is 0 Å². The highest BCUT2D eigenvalue weighted by atomic mass is 16.5. The summed E-state index contributed by atoms with van der Waals surface area (Å²) in [6, 6.07) is 12.0. The van der Waals surface area contributed by atoms with Crippen LogP contribution in [0.1, 0.15) is 23.7 Å². The van der Waals surface area contributed by atoms with Crippen molar-refractivity contribution in [3.63, 3.8) is 0 Å². The van der Waals surface area contributed by atoms with Gasteiger partial charge < -0.3 is 9.30 Å². The molecule has 2 heterocycles. The zero-order valence-electron chi connectivity index (χ0n) is 15.4. The summed E-state index contributed by atoms with van der Waals surface area (Å²) in [6.07, 6.45) is 5.96. The normalized spacial score (nSPS) is 10.9. The van der Waals surface area contributed by atoms with E-state index in [0.29, 0.717) is 5.69 Å². The summed E-state index contributed by atoms with van der Waals surface area (Å²) in [5, 5.41) is 13.6. The van der Waals surface area contributed by atoms with E-state index in [1.54, 1.807) is 7.11 Å². The molecule has 3 aromatic rings. The molecule has 0 unspecified atom stereocenters. The maximum atomic E-state index is 9.18. The number of ether oxygens (including phenoxy) is 1. The van der Waals surface area contributed by atoms with Gasteiger partial charge >= 0.3 is 0 Å². The van der Waals surface area contributed by atoms with E-state index in [4.69, 9.17) is 4.74 Å². The number of nitrogens with zero attached hydrogens (tertiary/aromatic N) is 5. The van der Waals surface area contributed by atoms with Gasteiger partial charge in [0.25, 0.3) is 0 Å². The minimum atomic E-state index is 0.710. The molecular weight excluding hydrogens is 326 g/mol. The summed E-state index contributed by atoms with van der Waals surface area (Å²) in [4.78, 5) is 2.21. The van der Waals surface area contributed by atoms with Gasteiger partial charge in [0.1, 0.15) is 17.5 Å². The van der Waals surface area contributed by atoms with E-state index in [0.717, 1.165) is 42.2 Å². The third kappa shape index (κ3) is 3.95. The van der Waals surface area contributed by atoms with Crippen LogP contribution in [0.5, 0.6) is 5.75 Å². The quantitative estimate of drug-likeness (QED) is 0.657. The second-order valence-electron chi connectivity index (χ2n) is 6.30. The van der Waals surface area contributed by atoms with Gasteiger partial charge in [-0.1, -0.05) is 6.07 Å². The average Bonchev–Trinajstić information content (AvgIpc) is 3.28. The highest BCUT2D eigenvalue weighted by Gasteiger charge is 2.09. The Kier molecular flexibility index (Phi) is 5.40. The first-order valence-corrected chi connectivity index (χ1v) is 8.58. The molecule has 0 amide bonds. The van der Waals surface area contributed by atoms with E-state index in [1.807, 2.05) is 58.9 Å². The highest BCUT2D eigenvalue weighted by molar-refractivity contribution is 5.39. The first-order valence-electron chi connectivity index (χ1n) is 8.58. The number of hydrogen-bond acceptors (Lipinski definition) is 4. The van der Waals surface area contributed by atoms with Gasteiger partial charge in [-0.05, 0) is 37.7 Å². The van der Waals surface area contributed by atoms with Crippen molar-refractivity contribution in [2.45, 2.75) is 26.6 Å². The van der Waals surface area contributed by atoms with Crippen molar-refractivity contribution in [3.05, 3.63) is 65.7 Å². The number of aromatic nitrogens is 3. The van der Waals surface area contributed by atoms with Gasteiger partial charge in [-0.3, -0.25) is 4.90 Å². The maximum absolute atomic E-state index is 9.18. The van der Waals surface area contributed by atoms with Crippen LogP contribution < -0.4 is 4.74 Å². The van der Waals surface area contributed by atoms with Gasteiger partial charge in [-0.15, -0.1) is 0 Å². The van der Waals surface area contributed by atoms with Crippen molar-refractivity contribution < 1.29 is 4.74 Å². The Morgan fingerprint density at radius 3 is 2.69 bits per heavy atom. The molecular formula is C20H23N5O. The zero-order valence-corrected chi connectivity index (χ0v) is 15.4. The van der Waals surface area contributed by atoms with Gasteiger partial charge in [-0.25, -0.2) is 4.68 Å². The fraction of sp³-hybridized carbons (Fsp3) is 0.300. The Balaban J connectivity index is 1.67. The first kappa shape index (κ1) is 17.8. The van der Waals surface area contributed by atoms with E-state index in [9.17, 15) is 5.26 Å². The summed E-state index contributed by atoms with van der Waals surface area (Å²) in [5.74, 6) is 0.811. The number of benzene rings is 1. The van der Waals surface area contributed by atoms with Crippen molar-refractivity contribution in [2.75, 3.05) is 14.2 Å². The van der Waals surface area contributed by atoms with E-state index < -0.39 is 0 Å². The van der Waals surface area contributed by atoms with Gasteiger partial charge in [0.05, 0.1) is 19.0 Å². The van der Waals surface area contributed by atoms with Crippen molar-refractivity contribution in [3.8, 4) is 17.5 Å². The molecule has 0 aliphatic rings. The summed E-state index contributed by atoms with van der Waals surface area (Å²) >= 11 is 0. The van der Waals surface area contributed by atoms with Crippen LogP contribution in [-0.2, 0) is 19.6 Å². The third-order valence-corrected chi connectivity index (χ3v) is 4.27. The molecule has 0 bridgehead atoms. The topological polar surface area (TPSA) is 59.0 Å². The van der Waals surface area contributed by atoms with E-state index in [1.165, 1.54) is 0 Å². The summed E-state index contributed by atoms with van der Waals surface area (Å²) in [5.41, 5.74) is 3.95. The largest absolute Gasteiger partial charge is 0.497 e. The Labute approximate surface area is 153 Å². The second-order valence-corrected chi connectivity index (χ2v) is 6.30. The molecule has 26 heavy (non-hydrogen) atoms. The molecule has 0 spiro atoms. The van der Waals surface area contributed by atoms with Crippen LogP contribution in [0.25, 0.3) is 5.69 Å². The minimum Gasteiger partial charge on any atom is -0.497 e. The Morgan fingerprint density at radius 2 is 2.00 bits per heavy atom. The maximum Gasteiger partial charge on any atom is 0.121 e. The number of nitriles is 1. The summed E-state index contributed by atoms with van der Waals surface area (Å²) < 4.78 is 9.10. The van der Waals surface area contributed by atoms with Crippen molar-refractivity contribution >= 4 is 0 Å². The van der Waals surface area contributed by atoms with E-state index in [2.05, 4.69) is 29.3 Å². The lowest BCUT2D eigenvalue weighted by Gasteiger charge is -2.14. The molecule has 0 aliphatic carbocycles. The van der Waals surface area contributed by atoms with E-state index >= 15 is 0 Å². The number of aryl methyl sites for hydroxylation is 1. The third-order valence-electron chi connectivity index (χ3n) is 4.27. The Morgan fingerprint density at radius 1 is 1.19 bits per heavy atom. The van der Waals surface area contributed by atoms with Crippen molar-refractivity contribution in [1.82, 2.24) is 19.2 Å². The van der Waals surface area contributed by atoms with Gasteiger partial charge in [0.2, 0.25) is 0 Å². The zero-order chi connectivity index (χ0) is 18.5. The molecule has 6 nitrogen and oxygen atoms in total. The standard InChI is InChI=1S/C20H23N5O/c1-4-24-14-16(8-19(24)10-21)12-23(2)13-17-11-22-25(15-17)18-6-5-7-20(9-18)26-3/h5-9,11,14-15H,4,12-13H2,1-3H3. The van der Waals surface area contributed by atoms with Gasteiger partial charge in [0.15, 0.2) is 0 Å². The molecule has 2 aromatic heterocycles. The molecule has 1 aromatic carbocycles. The smallest absolute Gasteiger partial charge is 0.121 e. The van der Waals surface area contributed by atoms with Gasteiger partial charge in [0, 0.05) is 43.7 Å². The molecule has 6 heteroatoms. The number of methoxy groups -OCH3 is 1. The van der Waals surface area contributed by atoms with Crippen LogP contribution in [0.4, 0.5) is 0 Å². The van der Waals surface area contributed by atoms with Crippen LogP contribution in [0.15, 0.2) is 48.9 Å². The highest BCUT2D eigenvalue weighted by Crippen LogP contribution is 2.17. The van der Waals surface area contributed by atoms with Gasteiger partial charge in [-0.2, -0.15) is 10.4 Å². The molecule has 0 fully saturated rings. The second kappa shape index (κ2) is 7.89. The predicted molar refractivity (Wildman–Crippen MR) is 100 cm³/mol. The van der Waals surface area contributed by atoms with Crippen LogP contribution in [0, 0.1) is 11.3 Å². The summed E-state index contributed by atoms with van der Waals surface area (Å²) in [7, 11) is 3.73. The lowest BCUT2D eigenvalue weighted by atomic mass is 10.2. The molecule has 0 N–H and O–H groups in total. The van der Waals surface area contributed by atoms with Crippen molar-refractivity contribution in [1.29, 1.82) is 5.26 Å². The Hall–Kier alpha value is -3.04. The average molecular weight is 349 g/mol. The molecule has 0 saturated carbocycles. The SMILES string of the molecule is CCn1cc(CN(C)Cc2cnn(-c3cccc(OC)c3)c2)cc1C#N. The van der Waals surface area contributed by atoms with Crippen LogP contribution in [-0.4, -0.2) is 33.4 Å². The first-order chi connectivity index (χ1) is 12.6. The molecule has 0 aliphatic heterocycles. The summed E-state index contributed by atoms with van der Waals surface area (Å²) in [6.45, 7) is 4.41. The monoisotopic (exact) mass is 349 g/mol.